The van der Waals surface area contributed by atoms with Crippen molar-refractivity contribution in [2.45, 2.75) is 31.2 Å². The summed E-state index contributed by atoms with van der Waals surface area (Å²) in [7, 11) is 7.17. The number of ether oxygens (including phenoxy) is 2. The zero-order valence-electron chi connectivity index (χ0n) is 17.6. The van der Waals surface area contributed by atoms with Gasteiger partial charge in [0.05, 0.1) is 32.1 Å². The Labute approximate surface area is 173 Å². The lowest BCUT2D eigenvalue weighted by atomic mass is 10.0. The number of aryl methyl sites for hydroxylation is 1. The molecule has 1 aromatic rings. The van der Waals surface area contributed by atoms with Gasteiger partial charge in [-0.25, -0.2) is 4.79 Å². The van der Waals surface area contributed by atoms with Gasteiger partial charge in [0.25, 0.3) is 0 Å². The van der Waals surface area contributed by atoms with Gasteiger partial charge >= 0.3 is 12.1 Å². The molecule has 0 aliphatic carbocycles. The van der Waals surface area contributed by atoms with Gasteiger partial charge in [0.2, 0.25) is 5.91 Å². The molecule has 9 nitrogen and oxygen atoms in total. The van der Waals surface area contributed by atoms with E-state index >= 15 is 0 Å². The van der Waals surface area contributed by atoms with Crippen LogP contribution in [0.4, 0.5) is 13.2 Å². The number of likely N-dealkylation sites (tertiary alicyclic amines) is 1. The number of hydrogen-bond donors (Lipinski definition) is 1. The largest absolute Gasteiger partial charge is 0.490 e. The zero-order chi connectivity index (χ0) is 22.9. The Balaban J connectivity index is 0.000000553. The molecule has 172 valence electrons. The molecule has 0 saturated carbocycles. The minimum Gasteiger partial charge on any atom is -0.475 e. The Bertz CT molecular complexity index is 681. The maximum Gasteiger partial charge on any atom is 0.490 e. The summed E-state index contributed by atoms with van der Waals surface area (Å²) in [6.07, 6.45) is 0.731. The molecule has 0 radical (unpaired) electrons. The van der Waals surface area contributed by atoms with E-state index in [4.69, 9.17) is 19.4 Å². The first-order valence-electron chi connectivity index (χ1n) is 9.28. The van der Waals surface area contributed by atoms with Crippen molar-refractivity contribution in [3.05, 3.63) is 18.0 Å². The van der Waals surface area contributed by atoms with Gasteiger partial charge in [0, 0.05) is 47.0 Å². The van der Waals surface area contributed by atoms with Crippen molar-refractivity contribution < 1.29 is 37.3 Å². The van der Waals surface area contributed by atoms with Crippen LogP contribution in [-0.2, 0) is 32.5 Å². The van der Waals surface area contributed by atoms with Gasteiger partial charge in [0.1, 0.15) is 0 Å². The normalized spacial score (nSPS) is 19.3. The van der Waals surface area contributed by atoms with Crippen LogP contribution in [0.3, 0.4) is 0 Å². The van der Waals surface area contributed by atoms with Crippen LogP contribution < -0.4 is 0 Å². The van der Waals surface area contributed by atoms with Gasteiger partial charge in [-0.05, 0) is 18.4 Å². The summed E-state index contributed by atoms with van der Waals surface area (Å²) < 4.78 is 44.6. The topological polar surface area (TPSA) is 97.1 Å². The van der Waals surface area contributed by atoms with Crippen LogP contribution in [0.5, 0.6) is 0 Å². The minimum atomic E-state index is -5.08. The third kappa shape index (κ3) is 8.67. The lowest BCUT2D eigenvalue weighted by Crippen LogP contribution is -2.43. The molecule has 1 amide bonds. The molecule has 2 rings (SSSR count). The third-order valence-electron chi connectivity index (χ3n) is 4.50. The fourth-order valence-corrected chi connectivity index (χ4v) is 2.95. The summed E-state index contributed by atoms with van der Waals surface area (Å²) in [5.41, 5.74) is 1.17. The van der Waals surface area contributed by atoms with Gasteiger partial charge < -0.3 is 19.5 Å². The summed E-state index contributed by atoms with van der Waals surface area (Å²) >= 11 is 0. The van der Waals surface area contributed by atoms with Crippen LogP contribution >= 0.6 is 0 Å². The van der Waals surface area contributed by atoms with E-state index in [0.717, 1.165) is 19.4 Å². The number of carboxylic acids is 1. The summed E-state index contributed by atoms with van der Waals surface area (Å²) in [5.74, 6) is -2.63. The predicted molar refractivity (Wildman–Crippen MR) is 101 cm³/mol. The van der Waals surface area contributed by atoms with E-state index in [1.54, 1.807) is 30.8 Å². The van der Waals surface area contributed by atoms with Crippen LogP contribution in [0.1, 0.15) is 12.0 Å². The average Bonchev–Trinajstić information content (AvgIpc) is 3.22. The molecule has 1 aromatic heterocycles. The molecule has 1 aliphatic heterocycles. The van der Waals surface area contributed by atoms with Gasteiger partial charge in [-0.3, -0.25) is 14.4 Å². The Kier molecular flexibility index (Phi) is 10.2. The number of rotatable bonds is 8. The summed E-state index contributed by atoms with van der Waals surface area (Å²) in [6, 6.07) is 0.194. The van der Waals surface area contributed by atoms with E-state index in [1.807, 2.05) is 19.4 Å². The number of amides is 1. The van der Waals surface area contributed by atoms with E-state index in [-0.39, 0.29) is 18.1 Å². The fourth-order valence-electron chi connectivity index (χ4n) is 2.95. The Morgan fingerprint density at radius 1 is 1.33 bits per heavy atom. The molecule has 0 aromatic carbocycles. The standard InChI is InChI=1S/C16H28N4O3.C2HF3O2/c1-18(2)16(21)12-20-6-5-15(23-8-7-22-4)14(20)9-13-10-17-19(3)11-13;3-2(4,5)1(6)7/h10-11,14-15H,5-9,12H2,1-4H3;(H,6,7)/t14-,15-;/m0./s1. The van der Waals surface area contributed by atoms with Crippen molar-refractivity contribution >= 4 is 11.9 Å². The van der Waals surface area contributed by atoms with Crippen LogP contribution in [-0.4, -0.2) is 102 Å². The highest BCUT2D eigenvalue weighted by molar-refractivity contribution is 5.77. The number of hydrogen-bond acceptors (Lipinski definition) is 6. The lowest BCUT2D eigenvalue weighted by molar-refractivity contribution is -0.192. The minimum absolute atomic E-state index is 0.124. The monoisotopic (exact) mass is 438 g/mol. The molecule has 2 heterocycles. The van der Waals surface area contributed by atoms with Gasteiger partial charge in [0.15, 0.2) is 0 Å². The highest BCUT2D eigenvalue weighted by Crippen LogP contribution is 2.24. The second-order valence-electron chi connectivity index (χ2n) is 7.05. The molecule has 0 bridgehead atoms. The molecule has 0 unspecified atom stereocenters. The second kappa shape index (κ2) is 11.9. The number of aliphatic carboxylic acids is 1. The van der Waals surface area contributed by atoms with Crippen molar-refractivity contribution in [1.29, 1.82) is 0 Å². The van der Waals surface area contributed by atoms with Crippen LogP contribution in [0.2, 0.25) is 0 Å². The quantitative estimate of drug-likeness (QED) is 0.600. The molecule has 0 spiro atoms. The van der Waals surface area contributed by atoms with E-state index in [2.05, 4.69) is 10.00 Å². The maximum absolute atomic E-state index is 12.1. The SMILES string of the molecule is COCCO[C@H]1CCN(CC(=O)N(C)C)[C@H]1Cc1cnn(C)c1.O=C(O)C(F)(F)F. The number of nitrogens with zero attached hydrogens (tertiary/aromatic N) is 4. The molecule has 30 heavy (non-hydrogen) atoms. The number of carbonyl (C=O) groups excluding carboxylic acids is 1. The van der Waals surface area contributed by atoms with Crippen LogP contribution in [0, 0.1) is 0 Å². The number of likely N-dealkylation sites (N-methyl/N-ethyl adjacent to an activating group) is 1. The Morgan fingerprint density at radius 2 is 1.97 bits per heavy atom. The highest BCUT2D eigenvalue weighted by Gasteiger charge is 2.38. The van der Waals surface area contributed by atoms with Gasteiger partial charge in [-0.1, -0.05) is 0 Å². The molecule has 1 aliphatic rings. The van der Waals surface area contributed by atoms with Crippen molar-refractivity contribution in [2.75, 3.05) is 47.5 Å². The summed E-state index contributed by atoms with van der Waals surface area (Å²) in [6.45, 7) is 2.48. The molecular formula is C18H29F3N4O5. The molecule has 1 fully saturated rings. The van der Waals surface area contributed by atoms with E-state index in [9.17, 15) is 18.0 Å². The number of carbonyl (C=O) groups is 2. The first-order chi connectivity index (χ1) is 14.0. The van der Waals surface area contributed by atoms with E-state index in [0.29, 0.717) is 19.8 Å². The average molecular weight is 438 g/mol. The fraction of sp³-hybridized carbons (Fsp3) is 0.722. The molecular weight excluding hydrogens is 409 g/mol. The first kappa shape index (κ1) is 25.9. The number of halogens is 3. The zero-order valence-corrected chi connectivity index (χ0v) is 17.6. The Hall–Kier alpha value is -2.18. The Morgan fingerprint density at radius 3 is 2.43 bits per heavy atom. The highest BCUT2D eigenvalue weighted by atomic mass is 19.4. The molecule has 2 atom stereocenters. The van der Waals surface area contributed by atoms with Gasteiger partial charge in [-0.2, -0.15) is 18.3 Å². The molecule has 1 N–H and O–H groups in total. The number of alkyl halides is 3. The summed E-state index contributed by atoms with van der Waals surface area (Å²) in [5, 5.41) is 11.4. The summed E-state index contributed by atoms with van der Waals surface area (Å²) in [4.78, 5) is 24.8. The first-order valence-corrected chi connectivity index (χ1v) is 9.28. The predicted octanol–water partition coefficient (Wildman–Crippen LogP) is 0.790. The van der Waals surface area contributed by atoms with Gasteiger partial charge in [-0.15, -0.1) is 0 Å². The maximum atomic E-state index is 12.1. The number of methoxy groups -OCH3 is 1. The third-order valence-corrected chi connectivity index (χ3v) is 4.50. The smallest absolute Gasteiger partial charge is 0.475 e. The lowest BCUT2D eigenvalue weighted by Gasteiger charge is -2.28. The molecule has 1 saturated heterocycles. The van der Waals surface area contributed by atoms with Crippen molar-refractivity contribution in [3.63, 3.8) is 0 Å². The number of carboxylic acid groups (broad SMARTS) is 1. The van der Waals surface area contributed by atoms with Crippen LogP contribution in [0.25, 0.3) is 0 Å². The van der Waals surface area contributed by atoms with E-state index < -0.39 is 12.1 Å². The second-order valence-corrected chi connectivity index (χ2v) is 7.05. The van der Waals surface area contributed by atoms with Crippen molar-refractivity contribution in [2.24, 2.45) is 7.05 Å². The molecule has 12 heteroatoms. The number of aromatic nitrogens is 2. The van der Waals surface area contributed by atoms with E-state index in [1.165, 1.54) is 5.56 Å². The van der Waals surface area contributed by atoms with Crippen LogP contribution in [0.15, 0.2) is 12.4 Å². The van der Waals surface area contributed by atoms with Crippen molar-refractivity contribution in [1.82, 2.24) is 19.6 Å². The van der Waals surface area contributed by atoms with Crippen molar-refractivity contribution in [3.8, 4) is 0 Å².